The van der Waals surface area contributed by atoms with Crippen molar-refractivity contribution in [3.8, 4) is 0 Å². The van der Waals surface area contributed by atoms with Crippen molar-refractivity contribution >= 4 is 23.2 Å². The third-order valence-corrected chi connectivity index (χ3v) is 2.38. The lowest BCUT2D eigenvalue weighted by Gasteiger charge is -2.09. The van der Waals surface area contributed by atoms with Gasteiger partial charge in [0, 0.05) is 6.07 Å². The summed E-state index contributed by atoms with van der Waals surface area (Å²) in [5.74, 6) is 0.239. The molecule has 0 aliphatic carbocycles. The Morgan fingerprint density at radius 2 is 2.05 bits per heavy atom. The molecule has 98 valence electrons. The van der Waals surface area contributed by atoms with Crippen LogP contribution in [0.2, 0.25) is 0 Å². The summed E-state index contributed by atoms with van der Waals surface area (Å²) in [6.45, 7) is 1.89. The number of carbonyl (C=O) groups is 1. The topological polar surface area (TPSA) is 113 Å². The number of nitrogens with two attached hydrogens (primary N) is 1. The van der Waals surface area contributed by atoms with E-state index in [0.717, 1.165) is 5.56 Å². The Labute approximate surface area is 108 Å². The van der Waals surface area contributed by atoms with Gasteiger partial charge in [-0.2, -0.15) is 5.10 Å². The minimum atomic E-state index is -0.489. The number of urea groups is 1. The smallest absolute Gasteiger partial charge is 0.324 e. The number of anilines is 3. The average molecular weight is 259 g/mol. The third-order valence-electron chi connectivity index (χ3n) is 2.38. The molecule has 2 rings (SSSR count). The maximum absolute atomic E-state index is 11.7. The van der Waals surface area contributed by atoms with E-state index in [-0.39, 0.29) is 11.4 Å². The van der Waals surface area contributed by atoms with Crippen LogP contribution in [-0.4, -0.2) is 16.2 Å². The first-order valence-electron chi connectivity index (χ1n) is 5.54. The number of hydrogen-bond donors (Lipinski definition) is 4. The number of nitrogen functional groups attached to an aromatic ring is 1. The highest BCUT2D eigenvalue weighted by molar-refractivity contribution is 6.01. The molecule has 0 aliphatic heterocycles. The van der Waals surface area contributed by atoms with Crippen LogP contribution in [0.4, 0.5) is 22.0 Å². The number of nitrogens with one attached hydrogen (secondary N) is 3. The number of H-pyrrole nitrogens is 1. The molecule has 0 saturated heterocycles. The summed E-state index contributed by atoms with van der Waals surface area (Å²) in [7, 11) is 0. The maximum atomic E-state index is 11.7. The second-order valence-electron chi connectivity index (χ2n) is 3.98. The lowest BCUT2D eigenvalue weighted by Crippen LogP contribution is -2.22. The summed E-state index contributed by atoms with van der Waals surface area (Å²) >= 11 is 0. The molecule has 2 aromatic rings. The molecule has 7 heteroatoms. The molecule has 0 aliphatic rings. The van der Waals surface area contributed by atoms with Crippen LogP contribution < -0.4 is 21.9 Å². The maximum Gasteiger partial charge on any atom is 0.324 e. The van der Waals surface area contributed by atoms with Crippen molar-refractivity contribution in [2.45, 2.75) is 6.92 Å². The molecule has 0 unspecified atom stereocenters. The van der Waals surface area contributed by atoms with Gasteiger partial charge in [-0.25, -0.2) is 9.89 Å². The fourth-order valence-electron chi connectivity index (χ4n) is 1.46. The van der Waals surface area contributed by atoms with Gasteiger partial charge in [0.1, 0.15) is 0 Å². The molecule has 0 bridgehead atoms. The van der Waals surface area contributed by atoms with Crippen molar-refractivity contribution in [2.75, 3.05) is 16.4 Å². The quantitative estimate of drug-likeness (QED) is 0.609. The highest BCUT2D eigenvalue weighted by atomic mass is 16.2. The zero-order valence-electron chi connectivity index (χ0n) is 10.2. The van der Waals surface area contributed by atoms with Gasteiger partial charge in [0.2, 0.25) is 0 Å². The Bertz CT molecular complexity index is 645. The molecular weight excluding hydrogens is 246 g/mol. The van der Waals surface area contributed by atoms with Crippen molar-refractivity contribution in [3.63, 3.8) is 0 Å². The summed E-state index contributed by atoms with van der Waals surface area (Å²) in [4.78, 5) is 22.5. The van der Waals surface area contributed by atoms with Gasteiger partial charge in [0.15, 0.2) is 5.82 Å². The number of aryl methyl sites for hydroxylation is 1. The molecule has 0 atom stereocenters. The normalized spacial score (nSPS) is 9.95. The van der Waals surface area contributed by atoms with Crippen LogP contribution in [-0.2, 0) is 0 Å². The van der Waals surface area contributed by atoms with E-state index in [0.29, 0.717) is 11.4 Å². The fraction of sp³-hybridized carbons (Fsp3) is 0.0833. The van der Waals surface area contributed by atoms with Crippen molar-refractivity contribution in [3.05, 3.63) is 46.2 Å². The van der Waals surface area contributed by atoms with Gasteiger partial charge >= 0.3 is 6.03 Å². The van der Waals surface area contributed by atoms with Crippen molar-refractivity contribution in [1.29, 1.82) is 0 Å². The molecule has 0 fully saturated rings. The molecule has 2 amide bonds. The first-order chi connectivity index (χ1) is 9.04. The number of benzene rings is 1. The summed E-state index contributed by atoms with van der Waals surface area (Å²) in [6, 6.07) is 7.50. The fourth-order valence-corrected chi connectivity index (χ4v) is 1.46. The molecule has 0 spiro atoms. The highest BCUT2D eigenvalue weighted by Gasteiger charge is 2.06. The van der Waals surface area contributed by atoms with E-state index in [1.54, 1.807) is 12.1 Å². The second kappa shape index (κ2) is 5.21. The van der Waals surface area contributed by atoms with Crippen LogP contribution in [0.15, 0.2) is 35.1 Å². The largest absolute Gasteiger partial charge is 0.397 e. The Morgan fingerprint density at radius 3 is 2.74 bits per heavy atom. The average Bonchev–Trinajstić information content (AvgIpc) is 2.37. The molecule has 1 aromatic heterocycles. The van der Waals surface area contributed by atoms with E-state index >= 15 is 0 Å². The standard InChI is InChI=1S/C12H13N5O2/c1-7-2-3-8(13)9(6-7)14-12(19)15-10-4-5-11(18)17-16-10/h2-6H,13H2,1H3,(H,17,18)(H2,14,15,16,19). The van der Waals surface area contributed by atoms with Crippen molar-refractivity contribution < 1.29 is 4.79 Å². The van der Waals surface area contributed by atoms with E-state index in [2.05, 4.69) is 20.8 Å². The number of amides is 2. The van der Waals surface area contributed by atoms with E-state index < -0.39 is 6.03 Å². The summed E-state index contributed by atoms with van der Waals surface area (Å²) in [6.07, 6.45) is 0. The van der Waals surface area contributed by atoms with Gasteiger partial charge in [-0.15, -0.1) is 0 Å². The Kier molecular flexibility index (Phi) is 3.46. The minimum Gasteiger partial charge on any atom is -0.397 e. The Balaban J connectivity index is 2.07. The van der Waals surface area contributed by atoms with E-state index in [9.17, 15) is 9.59 Å². The Morgan fingerprint density at radius 1 is 1.26 bits per heavy atom. The molecule has 7 nitrogen and oxygen atoms in total. The van der Waals surface area contributed by atoms with Gasteiger partial charge in [-0.05, 0) is 30.7 Å². The van der Waals surface area contributed by atoms with Crippen LogP contribution in [0.5, 0.6) is 0 Å². The number of carbonyl (C=O) groups excluding carboxylic acids is 1. The number of rotatable bonds is 2. The molecular formula is C12H13N5O2. The second-order valence-corrected chi connectivity index (χ2v) is 3.98. The van der Waals surface area contributed by atoms with Crippen LogP contribution in [0.25, 0.3) is 0 Å². The molecule has 1 heterocycles. The number of aromatic amines is 1. The zero-order chi connectivity index (χ0) is 13.8. The molecule has 1 aromatic carbocycles. The first-order valence-corrected chi connectivity index (χ1v) is 5.54. The van der Waals surface area contributed by atoms with Gasteiger partial charge in [0.05, 0.1) is 11.4 Å². The third kappa shape index (κ3) is 3.32. The molecule has 5 N–H and O–H groups in total. The van der Waals surface area contributed by atoms with Crippen LogP contribution in [0.3, 0.4) is 0 Å². The monoisotopic (exact) mass is 259 g/mol. The predicted molar refractivity (Wildman–Crippen MR) is 73.1 cm³/mol. The van der Waals surface area contributed by atoms with Crippen LogP contribution >= 0.6 is 0 Å². The minimum absolute atomic E-state index is 0.239. The summed E-state index contributed by atoms with van der Waals surface area (Å²) in [5.41, 5.74) is 7.37. The number of nitrogens with zero attached hydrogens (tertiary/aromatic N) is 1. The lowest BCUT2D eigenvalue weighted by molar-refractivity contribution is 0.262. The lowest BCUT2D eigenvalue weighted by atomic mass is 10.2. The molecule has 0 radical (unpaired) electrons. The van der Waals surface area contributed by atoms with Gasteiger partial charge in [-0.1, -0.05) is 6.07 Å². The van der Waals surface area contributed by atoms with Gasteiger partial charge in [0.25, 0.3) is 5.56 Å². The predicted octanol–water partition coefficient (Wildman–Crippen LogP) is 1.30. The van der Waals surface area contributed by atoms with Crippen molar-refractivity contribution in [1.82, 2.24) is 10.2 Å². The van der Waals surface area contributed by atoms with Crippen molar-refractivity contribution in [2.24, 2.45) is 0 Å². The summed E-state index contributed by atoms with van der Waals surface area (Å²) in [5, 5.41) is 11.0. The molecule has 19 heavy (non-hydrogen) atoms. The van der Waals surface area contributed by atoms with E-state index in [1.807, 2.05) is 13.0 Å². The summed E-state index contributed by atoms with van der Waals surface area (Å²) < 4.78 is 0. The van der Waals surface area contributed by atoms with Crippen LogP contribution in [0.1, 0.15) is 5.56 Å². The van der Waals surface area contributed by atoms with Gasteiger partial charge in [-0.3, -0.25) is 10.1 Å². The van der Waals surface area contributed by atoms with E-state index in [4.69, 9.17) is 5.73 Å². The molecule has 0 saturated carbocycles. The zero-order valence-corrected chi connectivity index (χ0v) is 10.2. The first kappa shape index (κ1) is 12.6. The Hall–Kier alpha value is -2.83. The van der Waals surface area contributed by atoms with Crippen LogP contribution in [0, 0.1) is 6.92 Å². The SMILES string of the molecule is Cc1ccc(N)c(NC(=O)Nc2ccc(=O)[nH]n2)c1. The highest BCUT2D eigenvalue weighted by Crippen LogP contribution is 2.19. The number of hydrogen-bond acceptors (Lipinski definition) is 4. The van der Waals surface area contributed by atoms with Gasteiger partial charge < -0.3 is 11.1 Å². The number of aromatic nitrogens is 2. The van der Waals surface area contributed by atoms with E-state index in [1.165, 1.54) is 12.1 Å².